The normalized spacial score (nSPS) is 20.1. The second kappa shape index (κ2) is 4.52. The Hall–Kier alpha value is -0.570. The number of rotatable bonds is 2. The molecule has 0 radical (unpaired) electrons. The highest BCUT2D eigenvalue weighted by molar-refractivity contribution is 6.30. The number of hydrogen-bond acceptors (Lipinski definition) is 2. The average Bonchev–Trinajstić information content (AvgIpc) is 2.18. The first-order chi connectivity index (χ1) is 7.18. The number of nitrogens with two attached hydrogens (primary N) is 1. The van der Waals surface area contributed by atoms with Crippen LogP contribution in [0.4, 0.5) is 0 Å². The van der Waals surface area contributed by atoms with E-state index in [1.165, 1.54) is 5.56 Å². The van der Waals surface area contributed by atoms with Crippen molar-refractivity contribution < 1.29 is 0 Å². The molecule has 1 fully saturated rings. The van der Waals surface area contributed by atoms with Crippen molar-refractivity contribution >= 4 is 11.6 Å². The Balaban J connectivity index is 2.06. The van der Waals surface area contributed by atoms with Gasteiger partial charge in [0.15, 0.2) is 0 Å². The predicted molar refractivity (Wildman–Crippen MR) is 64.2 cm³/mol. The van der Waals surface area contributed by atoms with Crippen LogP contribution in [0.3, 0.4) is 0 Å². The average molecular weight is 225 g/mol. The van der Waals surface area contributed by atoms with Crippen LogP contribution in [0.25, 0.3) is 0 Å². The van der Waals surface area contributed by atoms with Crippen molar-refractivity contribution in [1.29, 1.82) is 0 Å². The van der Waals surface area contributed by atoms with E-state index in [2.05, 4.69) is 11.4 Å². The minimum atomic E-state index is -0.0457. The third-order valence-corrected chi connectivity index (χ3v) is 3.28. The molecule has 1 aliphatic rings. The third-order valence-electron chi connectivity index (χ3n) is 3.04. The molecule has 2 nitrogen and oxygen atoms in total. The standard InChI is InChI=1S/C12H17ClN2/c13-11-3-1-2-10(8-11)9-12(14)4-6-15-7-5-12/h1-3,8,15H,4-7,9,14H2. The van der Waals surface area contributed by atoms with Gasteiger partial charge in [-0.2, -0.15) is 0 Å². The summed E-state index contributed by atoms with van der Waals surface area (Å²) in [4.78, 5) is 0. The quantitative estimate of drug-likeness (QED) is 0.806. The summed E-state index contributed by atoms with van der Waals surface area (Å²) in [6, 6.07) is 8.00. The maximum Gasteiger partial charge on any atom is 0.0408 e. The number of nitrogens with one attached hydrogen (secondary N) is 1. The van der Waals surface area contributed by atoms with Gasteiger partial charge in [-0.25, -0.2) is 0 Å². The van der Waals surface area contributed by atoms with Crippen LogP contribution in [0.5, 0.6) is 0 Å². The van der Waals surface area contributed by atoms with Crippen molar-refractivity contribution in [3.63, 3.8) is 0 Å². The topological polar surface area (TPSA) is 38.0 Å². The molecule has 1 aliphatic heterocycles. The van der Waals surface area contributed by atoms with Gasteiger partial charge in [0, 0.05) is 10.6 Å². The predicted octanol–water partition coefficient (Wildman–Crippen LogP) is 1.96. The molecule has 82 valence electrons. The van der Waals surface area contributed by atoms with Gasteiger partial charge >= 0.3 is 0 Å². The molecule has 0 amide bonds. The Kier molecular flexibility index (Phi) is 3.29. The molecule has 0 saturated carbocycles. The van der Waals surface area contributed by atoms with Crippen LogP contribution in [-0.4, -0.2) is 18.6 Å². The fourth-order valence-electron chi connectivity index (χ4n) is 2.15. The first-order valence-electron chi connectivity index (χ1n) is 5.42. The fourth-order valence-corrected chi connectivity index (χ4v) is 2.37. The van der Waals surface area contributed by atoms with E-state index < -0.39 is 0 Å². The first kappa shape index (κ1) is 10.9. The van der Waals surface area contributed by atoms with Crippen molar-refractivity contribution in [2.45, 2.75) is 24.8 Å². The lowest BCUT2D eigenvalue weighted by atomic mass is 9.83. The Morgan fingerprint density at radius 3 is 2.73 bits per heavy atom. The molecular formula is C12H17ClN2. The van der Waals surface area contributed by atoms with Crippen LogP contribution >= 0.6 is 11.6 Å². The second-order valence-electron chi connectivity index (χ2n) is 4.42. The highest BCUT2D eigenvalue weighted by atomic mass is 35.5. The van der Waals surface area contributed by atoms with Gasteiger partial charge in [0.25, 0.3) is 0 Å². The van der Waals surface area contributed by atoms with E-state index in [1.807, 2.05) is 18.2 Å². The zero-order valence-electron chi connectivity index (χ0n) is 8.80. The molecule has 0 aromatic heterocycles. The first-order valence-corrected chi connectivity index (χ1v) is 5.80. The summed E-state index contributed by atoms with van der Waals surface area (Å²) in [6.45, 7) is 2.05. The highest BCUT2D eigenvalue weighted by Crippen LogP contribution is 2.22. The van der Waals surface area contributed by atoms with Crippen LogP contribution in [0.1, 0.15) is 18.4 Å². The number of halogens is 1. The molecule has 3 heteroatoms. The van der Waals surface area contributed by atoms with Crippen molar-refractivity contribution in [2.75, 3.05) is 13.1 Å². The molecule has 1 aromatic rings. The number of piperidine rings is 1. The number of benzene rings is 1. The van der Waals surface area contributed by atoms with Crippen LogP contribution < -0.4 is 11.1 Å². The Morgan fingerprint density at radius 1 is 1.33 bits per heavy atom. The van der Waals surface area contributed by atoms with Gasteiger partial charge in [0.05, 0.1) is 0 Å². The molecule has 0 aliphatic carbocycles. The Morgan fingerprint density at radius 2 is 2.07 bits per heavy atom. The van der Waals surface area contributed by atoms with Crippen molar-refractivity contribution in [2.24, 2.45) is 5.73 Å². The lowest BCUT2D eigenvalue weighted by Gasteiger charge is -2.34. The fraction of sp³-hybridized carbons (Fsp3) is 0.500. The summed E-state index contributed by atoms with van der Waals surface area (Å²) in [5, 5.41) is 4.13. The highest BCUT2D eigenvalue weighted by Gasteiger charge is 2.27. The van der Waals surface area contributed by atoms with E-state index in [1.54, 1.807) is 0 Å². The van der Waals surface area contributed by atoms with Gasteiger partial charge in [0.1, 0.15) is 0 Å². The zero-order valence-corrected chi connectivity index (χ0v) is 9.56. The van der Waals surface area contributed by atoms with E-state index in [4.69, 9.17) is 17.3 Å². The molecule has 3 N–H and O–H groups in total. The Labute approximate surface area is 95.8 Å². The second-order valence-corrected chi connectivity index (χ2v) is 4.86. The lowest BCUT2D eigenvalue weighted by Crippen LogP contribution is -2.50. The van der Waals surface area contributed by atoms with Gasteiger partial charge in [-0.3, -0.25) is 0 Å². The molecule has 1 saturated heterocycles. The van der Waals surface area contributed by atoms with Crippen LogP contribution in [0.2, 0.25) is 5.02 Å². The summed E-state index contributed by atoms with van der Waals surface area (Å²) in [7, 11) is 0. The van der Waals surface area contributed by atoms with E-state index in [-0.39, 0.29) is 5.54 Å². The Bertz CT molecular complexity index is 332. The van der Waals surface area contributed by atoms with Crippen LogP contribution in [0, 0.1) is 0 Å². The van der Waals surface area contributed by atoms with Crippen molar-refractivity contribution in [3.05, 3.63) is 34.9 Å². The molecule has 0 atom stereocenters. The van der Waals surface area contributed by atoms with E-state index in [9.17, 15) is 0 Å². The van der Waals surface area contributed by atoms with E-state index in [0.29, 0.717) is 0 Å². The maximum atomic E-state index is 6.36. The molecule has 0 bridgehead atoms. The molecular weight excluding hydrogens is 208 g/mol. The molecule has 0 unspecified atom stereocenters. The molecule has 2 rings (SSSR count). The van der Waals surface area contributed by atoms with Crippen molar-refractivity contribution in [3.8, 4) is 0 Å². The monoisotopic (exact) mass is 224 g/mol. The molecule has 0 spiro atoms. The minimum Gasteiger partial charge on any atom is -0.325 e. The largest absolute Gasteiger partial charge is 0.325 e. The number of hydrogen-bond donors (Lipinski definition) is 2. The molecule has 1 aromatic carbocycles. The summed E-state index contributed by atoms with van der Waals surface area (Å²) in [5.41, 5.74) is 7.55. The van der Waals surface area contributed by atoms with Crippen LogP contribution in [-0.2, 0) is 6.42 Å². The summed E-state index contributed by atoms with van der Waals surface area (Å²) in [5.74, 6) is 0. The van der Waals surface area contributed by atoms with Gasteiger partial charge in [0.2, 0.25) is 0 Å². The molecule has 15 heavy (non-hydrogen) atoms. The zero-order chi connectivity index (χ0) is 10.7. The van der Waals surface area contributed by atoms with Crippen molar-refractivity contribution in [1.82, 2.24) is 5.32 Å². The maximum absolute atomic E-state index is 6.36. The van der Waals surface area contributed by atoms with Crippen LogP contribution in [0.15, 0.2) is 24.3 Å². The van der Waals surface area contributed by atoms with E-state index in [0.717, 1.165) is 37.4 Å². The van der Waals surface area contributed by atoms with Gasteiger partial charge in [-0.1, -0.05) is 23.7 Å². The summed E-state index contributed by atoms with van der Waals surface area (Å²) in [6.07, 6.45) is 3.01. The van der Waals surface area contributed by atoms with Gasteiger partial charge < -0.3 is 11.1 Å². The molecule has 1 heterocycles. The third kappa shape index (κ3) is 2.94. The van der Waals surface area contributed by atoms with Gasteiger partial charge in [-0.15, -0.1) is 0 Å². The summed E-state index contributed by atoms with van der Waals surface area (Å²) >= 11 is 5.95. The lowest BCUT2D eigenvalue weighted by molar-refractivity contribution is 0.308. The van der Waals surface area contributed by atoms with Gasteiger partial charge in [-0.05, 0) is 50.0 Å². The summed E-state index contributed by atoms with van der Waals surface area (Å²) < 4.78 is 0. The smallest absolute Gasteiger partial charge is 0.0408 e. The SMILES string of the molecule is NC1(Cc2cccc(Cl)c2)CCNCC1. The minimum absolute atomic E-state index is 0.0457. The van der Waals surface area contributed by atoms with E-state index >= 15 is 0 Å².